The molecule has 0 aliphatic carbocycles. The molecule has 0 radical (unpaired) electrons. The van der Waals surface area contributed by atoms with E-state index < -0.39 is 11.6 Å². The first-order valence-electron chi connectivity index (χ1n) is 7.90. The van der Waals surface area contributed by atoms with Crippen LogP contribution in [0.3, 0.4) is 0 Å². The Balaban J connectivity index is 2.32. The molecule has 1 aliphatic heterocycles. The van der Waals surface area contributed by atoms with Gasteiger partial charge in [0.25, 0.3) is 0 Å². The van der Waals surface area contributed by atoms with Crippen molar-refractivity contribution in [2.75, 3.05) is 19.6 Å². The summed E-state index contributed by atoms with van der Waals surface area (Å²) in [4.78, 5) is 2.42. The summed E-state index contributed by atoms with van der Waals surface area (Å²) in [6, 6.07) is 3.74. The average Bonchev–Trinajstić information content (AvgIpc) is 2.46. The molecule has 0 spiro atoms. The summed E-state index contributed by atoms with van der Waals surface area (Å²) in [6.07, 6.45) is 3.64. The molecule has 2 nitrogen and oxygen atoms in total. The van der Waals surface area contributed by atoms with Crippen LogP contribution in [0.25, 0.3) is 0 Å². The summed E-state index contributed by atoms with van der Waals surface area (Å²) in [6.45, 7) is 9.14. The third-order valence-electron chi connectivity index (χ3n) is 4.56. The van der Waals surface area contributed by atoms with E-state index in [0.717, 1.165) is 25.7 Å². The van der Waals surface area contributed by atoms with Crippen molar-refractivity contribution in [3.63, 3.8) is 0 Å². The molecule has 0 bridgehead atoms. The standard InChI is InChI=1S/C17H26F2N2/c1-4-20-16(14-9-8-13(18)12-15(14)19)17(2,3)21-10-6-5-7-11-21/h8-9,12,16,20H,4-7,10-11H2,1-3H3. The van der Waals surface area contributed by atoms with Gasteiger partial charge in [-0.25, -0.2) is 8.78 Å². The van der Waals surface area contributed by atoms with Crippen molar-refractivity contribution in [2.45, 2.75) is 51.6 Å². The molecule has 0 aromatic heterocycles. The van der Waals surface area contributed by atoms with E-state index in [0.29, 0.717) is 5.56 Å². The zero-order chi connectivity index (χ0) is 15.5. The fourth-order valence-corrected chi connectivity index (χ4v) is 3.33. The van der Waals surface area contributed by atoms with Gasteiger partial charge >= 0.3 is 0 Å². The number of nitrogens with zero attached hydrogens (tertiary/aromatic N) is 1. The molecule has 118 valence electrons. The van der Waals surface area contributed by atoms with Crippen molar-refractivity contribution >= 4 is 0 Å². The van der Waals surface area contributed by atoms with Crippen LogP contribution in [0.15, 0.2) is 18.2 Å². The lowest BCUT2D eigenvalue weighted by molar-refractivity contribution is 0.0601. The van der Waals surface area contributed by atoms with Gasteiger partial charge in [-0.1, -0.05) is 19.4 Å². The number of likely N-dealkylation sites (N-methyl/N-ethyl adjacent to an activating group) is 1. The molecule has 21 heavy (non-hydrogen) atoms. The number of hydrogen-bond donors (Lipinski definition) is 1. The molecule has 1 heterocycles. The first kappa shape index (κ1) is 16.4. The smallest absolute Gasteiger partial charge is 0.130 e. The number of piperidine rings is 1. The van der Waals surface area contributed by atoms with E-state index in [1.807, 2.05) is 6.92 Å². The maximum absolute atomic E-state index is 14.2. The highest BCUT2D eigenvalue weighted by atomic mass is 19.1. The Kier molecular flexibility index (Phi) is 5.33. The van der Waals surface area contributed by atoms with Crippen LogP contribution in [0, 0.1) is 11.6 Å². The first-order valence-corrected chi connectivity index (χ1v) is 7.90. The lowest BCUT2D eigenvalue weighted by Crippen LogP contribution is -2.54. The van der Waals surface area contributed by atoms with Gasteiger partial charge < -0.3 is 5.32 Å². The monoisotopic (exact) mass is 296 g/mol. The molecule has 1 atom stereocenters. The summed E-state index contributed by atoms with van der Waals surface area (Å²) in [7, 11) is 0. The molecule has 4 heteroatoms. The minimum atomic E-state index is -0.526. The number of halogens is 2. The first-order chi connectivity index (χ1) is 9.96. The van der Waals surface area contributed by atoms with Crippen molar-refractivity contribution in [1.82, 2.24) is 10.2 Å². The second-order valence-corrected chi connectivity index (χ2v) is 6.36. The molecule has 1 N–H and O–H groups in total. The minimum absolute atomic E-state index is 0.152. The quantitative estimate of drug-likeness (QED) is 0.887. The Morgan fingerprint density at radius 2 is 1.86 bits per heavy atom. The Labute approximate surface area is 126 Å². The van der Waals surface area contributed by atoms with E-state index >= 15 is 0 Å². The topological polar surface area (TPSA) is 15.3 Å². The molecule has 1 unspecified atom stereocenters. The summed E-state index contributed by atoms with van der Waals surface area (Å²) in [5, 5.41) is 3.39. The van der Waals surface area contributed by atoms with Gasteiger partial charge in [0.15, 0.2) is 0 Å². The molecule has 1 saturated heterocycles. The molecular weight excluding hydrogens is 270 g/mol. The van der Waals surface area contributed by atoms with E-state index in [2.05, 4.69) is 24.1 Å². The van der Waals surface area contributed by atoms with Crippen LogP contribution in [0.5, 0.6) is 0 Å². The molecule has 0 amide bonds. The Morgan fingerprint density at radius 3 is 2.43 bits per heavy atom. The zero-order valence-corrected chi connectivity index (χ0v) is 13.3. The maximum atomic E-state index is 14.2. The molecule has 1 aromatic carbocycles. The molecule has 1 aromatic rings. The van der Waals surface area contributed by atoms with E-state index in [1.54, 1.807) is 6.07 Å². The van der Waals surface area contributed by atoms with Crippen LogP contribution >= 0.6 is 0 Å². The van der Waals surface area contributed by atoms with Crippen LogP contribution in [-0.2, 0) is 0 Å². The number of rotatable bonds is 5. The number of likely N-dealkylation sites (tertiary alicyclic amines) is 1. The van der Waals surface area contributed by atoms with Crippen LogP contribution in [0.4, 0.5) is 8.78 Å². The highest BCUT2D eigenvalue weighted by Gasteiger charge is 2.37. The summed E-state index contributed by atoms with van der Waals surface area (Å²) in [5.74, 6) is -0.992. The van der Waals surface area contributed by atoms with Gasteiger partial charge in [-0.05, 0) is 52.4 Å². The second-order valence-electron chi connectivity index (χ2n) is 6.36. The number of nitrogens with one attached hydrogen (secondary N) is 1. The molecule has 1 fully saturated rings. The van der Waals surface area contributed by atoms with Crippen LogP contribution in [0.1, 0.15) is 51.6 Å². The van der Waals surface area contributed by atoms with Gasteiger partial charge in [-0.15, -0.1) is 0 Å². The van der Waals surface area contributed by atoms with Gasteiger partial charge in [-0.2, -0.15) is 0 Å². The summed E-state index contributed by atoms with van der Waals surface area (Å²) < 4.78 is 27.4. The average molecular weight is 296 g/mol. The van der Waals surface area contributed by atoms with Gasteiger partial charge in [0.2, 0.25) is 0 Å². The maximum Gasteiger partial charge on any atom is 0.130 e. The van der Waals surface area contributed by atoms with Crippen molar-refractivity contribution in [1.29, 1.82) is 0 Å². The highest BCUT2D eigenvalue weighted by Crippen LogP contribution is 2.34. The van der Waals surface area contributed by atoms with E-state index in [4.69, 9.17) is 0 Å². The third-order valence-corrected chi connectivity index (χ3v) is 4.56. The molecule has 0 saturated carbocycles. The van der Waals surface area contributed by atoms with E-state index in [1.165, 1.54) is 25.3 Å². The molecule has 2 rings (SSSR count). The van der Waals surface area contributed by atoms with Crippen molar-refractivity contribution in [3.8, 4) is 0 Å². The third kappa shape index (κ3) is 3.61. The number of hydrogen-bond acceptors (Lipinski definition) is 2. The van der Waals surface area contributed by atoms with Gasteiger partial charge in [0, 0.05) is 17.2 Å². The second kappa shape index (κ2) is 6.84. The predicted molar refractivity (Wildman–Crippen MR) is 82.3 cm³/mol. The Morgan fingerprint density at radius 1 is 1.19 bits per heavy atom. The Hall–Kier alpha value is -1.00. The summed E-state index contributed by atoms with van der Waals surface area (Å²) in [5.41, 5.74) is 0.337. The minimum Gasteiger partial charge on any atom is -0.309 e. The highest BCUT2D eigenvalue weighted by molar-refractivity contribution is 5.25. The van der Waals surface area contributed by atoms with Gasteiger partial charge in [-0.3, -0.25) is 4.90 Å². The molecular formula is C17H26F2N2. The van der Waals surface area contributed by atoms with Gasteiger partial charge in [0.05, 0.1) is 6.04 Å². The van der Waals surface area contributed by atoms with Crippen LogP contribution in [0.2, 0.25) is 0 Å². The van der Waals surface area contributed by atoms with E-state index in [9.17, 15) is 8.78 Å². The molecule has 1 aliphatic rings. The largest absolute Gasteiger partial charge is 0.309 e. The zero-order valence-electron chi connectivity index (χ0n) is 13.3. The predicted octanol–water partition coefficient (Wildman–Crippen LogP) is 3.88. The fraction of sp³-hybridized carbons (Fsp3) is 0.647. The van der Waals surface area contributed by atoms with Crippen molar-refractivity contribution in [2.24, 2.45) is 0 Å². The van der Waals surface area contributed by atoms with E-state index in [-0.39, 0.29) is 11.6 Å². The lowest BCUT2D eigenvalue weighted by atomic mass is 9.85. The number of benzene rings is 1. The van der Waals surface area contributed by atoms with Crippen LogP contribution in [-0.4, -0.2) is 30.1 Å². The fourth-order valence-electron chi connectivity index (χ4n) is 3.33. The Bertz CT molecular complexity index is 468. The normalized spacial score (nSPS) is 18.7. The lowest BCUT2D eigenvalue weighted by Gasteiger charge is -2.46. The SMILES string of the molecule is CCNC(c1ccc(F)cc1F)C(C)(C)N1CCCCC1. The van der Waals surface area contributed by atoms with Crippen molar-refractivity contribution in [3.05, 3.63) is 35.4 Å². The van der Waals surface area contributed by atoms with Crippen molar-refractivity contribution < 1.29 is 8.78 Å². The van der Waals surface area contributed by atoms with Gasteiger partial charge in [0.1, 0.15) is 11.6 Å². The summed E-state index contributed by atoms with van der Waals surface area (Å²) >= 11 is 0. The van der Waals surface area contributed by atoms with Crippen LogP contribution < -0.4 is 5.32 Å².